The zero-order valence-corrected chi connectivity index (χ0v) is 19.0. The monoisotopic (exact) mass is 470 g/mol. The predicted octanol–water partition coefficient (Wildman–Crippen LogP) is 1.42. The molecule has 1 aromatic carbocycles. The Morgan fingerprint density at radius 1 is 1.33 bits per heavy atom. The molecule has 1 unspecified atom stereocenters. The summed E-state index contributed by atoms with van der Waals surface area (Å²) < 4.78 is 40.3. The number of sulfone groups is 1. The number of aromatic nitrogens is 1. The summed E-state index contributed by atoms with van der Waals surface area (Å²) in [5.74, 6) is -1.64. The Hall–Kier alpha value is -3.36. The highest BCUT2D eigenvalue weighted by atomic mass is 32.2. The van der Waals surface area contributed by atoms with Crippen LogP contribution in [-0.2, 0) is 15.4 Å². The molecule has 33 heavy (non-hydrogen) atoms. The Kier molecular flexibility index (Phi) is 5.46. The van der Waals surface area contributed by atoms with Gasteiger partial charge in [-0.1, -0.05) is 0 Å². The van der Waals surface area contributed by atoms with Crippen LogP contribution in [0.5, 0.6) is 0 Å². The number of nitrogens with one attached hydrogen (secondary N) is 1. The Morgan fingerprint density at radius 3 is 2.67 bits per heavy atom. The molecular weight excluding hydrogens is 447 g/mol. The van der Waals surface area contributed by atoms with Gasteiger partial charge in [0.15, 0.2) is 9.84 Å². The van der Waals surface area contributed by atoms with E-state index in [1.165, 1.54) is 37.4 Å². The molecule has 11 heteroatoms. The summed E-state index contributed by atoms with van der Waals surface area (Å²) in [6.07, 6.45) is 1.61. The molecule has 1 fully saturated rings. The number of amidine groups is 1. The highest BCUT2D eigenvalue weighted by Crippen LogP contribution is 2.42. The molecule has 9 nitrogen and oxygen atoms in total. The van der Waals surface area contributed by atoms with E-state index >= 15 is 0 Å². The Labute approximate surface area is 191 Å². The third-order valence-corrected chi connectivity index (χ3v) is 8.93. The van der Waals surface area contributed by atoms with Crippen LogP contribution in [0, 0.1) is 17.1 Å². The summed E-state index contributed by atoms with van der Waals surface area (Å²) in [7, 11) is -1.93. The van der Waals surface area contributed by atoms with E-state index in [2.05, 4.69) is 15.3 Å². The van der Waals surface area contributed by atoms with Crippen LogP contribution >= 0.6 is 0 Å². The number of hydrogen-bond acceptors (Lipinski definition) is 8. The number of aliphatic imine (C=N–C) groups is 1. The zero-order valence-electron chi connectivity index (χ0n) is 18.2. The van der Waals surface area contributed by atoms with Crippen molar-refractivity contribution in [3.63, 3.8) is 0 Å². The SMILES string of the molecule is CN1CCC2(C1)C(N)=N[C@](C)(c1cc(NC(=O)c3ccc(C#N)cn3)ccc1F)CS2(=O)=O. The van der Waals surface area contributed by atoms with Crippen molar-refractivity contribution in [1.29, 1.82) is 5.26 Å². The number of likely N-dealkylation sites (tertiary alicyclic amines) is 1. The molecule has 3 heterocycles. The fraction of sp³-hybridized carbons (Fsp3) is 0.364. The van der Waals surface area contributed by atoms with Gasteiger partial charge in [0.1, 0.15) is 33.7 Å². The lowest BCUT2D eigenvalue weighted by molar-refractivity contribution is 0.102. The van der Waals surface area contributed by atoms with Crippen LogP contribution in [0.4, 0.5) is 10.1 Å². The number of nitriles is 1. The molecule has 0 bridgehead atoms. The quantitative estimate of drug-likeness (QED) is 0.691. The maximum Gasteiger partial charge on any atom is 0.274 e. The Balaban J connectivity index is 1.67. The van der Waals surface area contributed by atoms with E-state index in [4.69, 9.17) is 11.0 Å². The second kappa shape index (κ2) is 7.90. The molecule has 3 N–H and O–H groups in total. The van der Waals surface area contributed by atoms with Crippen LogP contribution in [0.25, 0.3) is 0 Å². The molecule has 0 saturated carbocycles. The van der Waals surface area contributed by atoms with Crippen molar-refractivity contribution >= 4 is 27.3 Å². The van der Waals surface area contributed by atoms with E-state index in [0.717, 1.165) is 6.07 Å². The minimum absolute atomic E-state index is 0.0146. The predicted molar refractivity (Wildman–Crippen MR) is 121 cm³/mol. The molecule has 4 rings (SSSR count). The number of pyridine rings is 1. The summed E-state index contributed by atoms with van der Waals surface area (Å²) in [5.41, 5.74) is 5.40. The van der Waals surface area contributed by atoms with Crippen LogP contribution < -0.4 is 11.1 Å². The third-order valence-electron chi connectivity index (χ3n) is 6.25. The molecule has 1 saturated heterocycles. The Morgan fingerprint density at radius 2 is 2.09 bits per heavy atom. The summed E-state index contributed by atoms with van der Waals surface area (Å²) in [5, 5.41) is 11.5. The molecule has 0 aliphatic carbocycles. The van der Waals surface area contributed by atoms with Crippen molar-refractivity contribution in [2.45, 2.75) is 23.6 Å². The highest BCUT2D eigenvalue weighted by Gasteiger charge is 2.57. The van der Waals surface area contributed by atoms with Crippen molar-refractivity contribution in [1.82, 2.24) is 9.88 Å². The van der Waals surface area contributed by atoms with Gasteiger partial charge in [0, 0.05) is 24.0 Å². The molecular formula is C22H23FN6O3S. The van der Waals surface area contributed by atoms with E-state index in [0.29, 0.717) is 18.5 Å². The number of nitrogens with two attached hydrogens (primary N) is 1. The lowest BCUT2D eigenvalue weighted by atomic mass is 9.92. The normalized spacial score (nSPS) is 26.5. The van der Waals surface area contributed by atoms with Crippen LogP contribution in [0.1, 0.15) is 35.0 Å². The fourth-order valence-corrected chi connectivity index (χ4v) is 6.86. The van der Waals surface area contributed by atoms with Gasteiger partial charge in [0.05, 0.1) is 11.3 Å². The van der Waals surface area contributed by atoms with E-state index in [1.807, 2.05) is 18.0 Å². The van der Waals surface area contributed by atoms with E-state index in [9.17, 15) is 17.6 Å². The van der Waals surface area contributed by atoms with Gasteiger partial charge in [-0.3, -0.25) is 9.79 Å². The van der Waals surface area contributed by atoms with Gasteiger partial charge in [-0.2, -0.15) is 5.26 Å². The van der Waals surface area contributed by atoms with Crippen molar-refractivity contribution < 1.29 is 17.6 Å². The standard InChI is InChI=1S/C22H23FN6O3S/c1-21(13-33(31,32)22(20(25)28-21)7-8-29(2)12-22)16-9-15(4-5-17(16)23)27-19(30)18-6-3-14(10-24)11-26-18/h3-6,9,11H,7-8,12-13H2,1-2H3,(H2,25,28)(H,27,30)/t21-,22?/m0/s1. The zero-order chi connectivity index (χ0) is 24.0. The van der Waals surface area contributed by atoms with Gasteiger partial charge in [-0.15, -0.1) is 0 Å². The second-order valence-corrected chi connectivity index (χ2v) is 11.0. The van der Waals surface area contributed by atoms with E-state index in [1.54, 1.807) is 0 Å². The van der Waals surface area contributed by atoms with E-state index in [-0.39, 0.29) is 29.3 Å². The van der Waals surface area contributed by atoms with Crippen LogP contribution in [0.3, 0.4) is 0 Å². The van der Waals surface area contributed by atoms with E-state index < -0.39 is 37.6 Å². The summed E-state index contributed by atoms with van der Waals surface area (Å²) >= 11 is 0. The minimum Gasteiger partial charge on any atom is -0.386 e. The van der Waals surface area contributed by atoms with Crippen molar-refractivity contribution in [3.05, 3.63) is 59.2 Å². The van der Waals surface area contributed by atoms with Crippen LogP contribution in [0.15, 0.2) is 41.5 Å². The van der Waals surface area contributed by atoms with Gasteiger partial charge >= 0.3 is 0 Å². The molecule has 1 aromatic heterocycles. The smallest absolute Gasteiger partial charge is 0.274 e. The third kappa shape index (κ3) is 3.85. The molecule has 2 aromatic rings. The number of halogens is 1. The molecule has 172 valence electrons. The summed E-state index contributed by atoms with van der Waals surface area (Å²) in [6.45, 7) is 2.34. The van der Waals surface area contributed by atoms with Crippen molar-refractivity contribution in [3.8, 4) is 6.07 Å². The van der Waals surface area contributed by atoms with Gasteiger partial charge in [0.25, 0.3) is 5.91 Å². The van der Waals surface area contributed by atoms with Gasteiger partial charge in [-0.05, 0) is 57.3 Å². The van der Waals surface area contributed by atoms with Gasteiger partial charge in [0.2, 0.25) is 0 Å². The van der Waals surface area contributed by atoms with Crippen molar-refractivity contribution in [2.24, 2.45) is 10.7 Å². The summed E-state index contributed by atoms with van der Waals surface area (Å²) in [6, 6.07) is 8.65. The number of anilines is 1. The molecule has 0 radical (unpaired) electrons. The average Bonchev–Trinajstić information content (AvgIpc) is 3.17. The Bertz CT molecular complexity index is 1300. The number of nitrogens with zero attached hydrogens (tertiary/aromatic N) is 4. The maximum absolute atomic E-state index is 14.9. The first-order valence-corrected chi connectivity index (χ1v) is 11.9. The summed E-state index contributed by atoms with van der Waals surface area (Å²) in [4.78, 5) is 22.8. The fourth-order valence-electron chi connectivity index (χ4n) is 4.44. The first kappa shape index (κ1) is 22.8. The van der Waals surface area contributed by atoms with Gasteiger partial charge < -0.3 is 16.0 Å². The molecule has 1 amide bonds. The van der Waals surface area contributed by atoms with Crippen LogP contribution in [-0.4, -0.2) is 60.7 Å². The number of benzene rings is 1. The van der Waals surface area contributed by atoms with Gasteiger partial charge in [-0.25, -0.2) is 17.8 Å². The topological polar surface area (TPSA) is 142 Å². The average molecular weight is 471 g/mol. The van der Waals surface area contributed by atoms with Crippen molar-refractivity contribution in [2.75, 3.05) is 31.2 Å². The lowest BCUT2D eigenvalue weighted by Crippen LogP contribution is -2.59. The lowest BCUT2D eigenvalue weighted by Gasteiger charge is -2.39. The number of rotatable bonds is 3. The maximum atomic E-state index is 14.9. The first-order chi connectivity index (χ1) is 15.5. The largest absolute Gasteiger partial charge is 0.386 e. The molecule has 2 atom stereocenters. The number of hydrogen-bond donors (Lipinski definition) is 2. The molecule has 2 aliphatic rings. The molecule has 2 aliphatic heterocycles. The van der Waals surface area contributed by atoms with Crippen LogP contribution in [0.2, 0.25) is 0 Å². The number of amides is 1. The second-order valence-electron chi connectivity index (χ2n) is 8.70. The number of carbonyl (C=O) groups excluding carboxylic acids is 1. The highest BCUT2D eigenvalue weighted by molar-refractivity contribution is 7.93. The first-order valence-electron chi connectivity index (χ1n) is 10.2. The number of carbonyl (C=O) groups is 1. The molecule has 1 spiro atoms. The minimum atomic E-state index is -3.75.